The van der Waals surface area contributed by atoms with Gasteiger partial charge in [-0.25, -0.2) is 13.1 Å². The number of nitrogens with zero attached hydrogens (tertiary/aromatic N) is 2. The lowest BCUT2D eigenvalue weighted by atomic mass is 10.2. The Kier molecular flexibility index (Phi) is 4.32. The van der Waals surface area contributed by atoms with Gasteiger partial charge in [0.1, 0.15) is 5.56 Å². The van der Waals surface area contributed by atoms with Gasteiger partial charge in [-0.3, -0.25) is 14.4 Å². The number of carbonyl (C=O) groups is 1. The zero-order valence-electron chi connectivity index (χ0n) is 14.1. The molecule has 3 rings (SSSR count). The number of thiazole rings is 1. The summed E-state index contributed by atoms with van der Waals surface area (Å²) >= 11 is 0.907. The van der Waals surface area contributed by atoms with E-state index in [4.69, 9.17) is 0 Å². The van der Waals surface area contributed by atoms with Crippen molar-refractivity contribution in [3.8, 4) is 0 Å². The van der Waals surface area contributed by atoms with E-state index in [1.165, 1.54) is 40.4 Å². The van der Waals surface area contributed by atoms with Crippen LogP contribution in [-0.4, -0.2) is 23.5 Å². The first-order chi connectivity index (χ1) is 12.1. The second-order valence-corrected chi connectivity index (χ2v) is 8.42. The maximum atomic E-state index is 12.5. The minimum absolute atomic E-state index is 0.163. The van der Waals surface area contributed by atoms with Crippen LogP contribution in [0, 0.1) is 6.92 Å². The number of hydrogen-bond donors (Lipinski definition) is 1. The lowest BCUT2D eigenvalue weighted by Gasteiger charge is -2.09. The van der Waals surface area contributed by atoms with Crippen LogP contribution in [0.2, 0.25) is 0 Å². The maximum Gasteiger partial charge on any atom is 0.307 e. The predicted molar refractivity (Wildman–Crippen MR) is 98.1 cm³/mol. The monoisotopic (exact) mass is 393 g/mol. The molecule has 1 N–H and O–H groups in total. The van der Waals surface area contributed by atoms with Gasteiger partial charge in [-0.15, -0.1) is 0 Å². The van der Waals surface area contributed by atoms with Crippen LogP contribution < -0.4 is 15.2 Å². The molecule has 2 heterocycles. The van der Waals surface area contributed by atoms with Crippen molar-refractivity contribution >= 4 is 37.5 Å². The fourth-order valence-corrected chi connectivity index (χ4v) is 4.40. The van der Waals surface area contributed by atoms with Crippen LogP contribution in [0.5, 0.6) is 0 Å². The maximum absolute atomic E-state index is 12.5. The molecule has 0 saturated heterocycles. The molecule has 1 aromatic carbocycles. The van der Waals surface area contributed by atoms with Crippen LogP contribution in [0.3, 0.4) is 0 Å². The van der Waals surface area contributed by atoms with Crippen molar-refractivity contribution in [2.75, 3.05) is 0 Å². The molecule has 0 radical (unpaired) electrons. The van der Waals surface area contributed by atoms with Gasteiger partial charge in [0.15, 0.2) is 0 Å². The SMILES string of the molecule is Cc1ccc(C(=O)NS(=O)(=O)c2ccc3c(c2)sc(=O)n3C)c(=O)n1C. The highest BCUT2D eigenvalue weighted by atomic mass is 32.2. The van der Waals surface area contributed by atoms with Gasteiger partial charge in [0.05, 0.1) is 15.1 Å². The standard InChI is InChI=1S/C16H15N3O5S2/c1-9-4-6-11(15(21)18(9)2)14(20)17-26(23,24)10-5-7-12-13(8-10)25-16(22)19(12)3/h4-8H,1-3H3,(H,17,20). The van der Waals surface area contributed by atoms with Gasteiger partial charge in [-0.2, -0.15) is 0 Å². The van der Waals surface area contributed by atoms with Crippen LogP contribution in [0.1, 0.15) is 16.1 Å². The van der Waals surface area contributed by atoms with E-state index in [-0.39, 0.29) is 15.3 Å². The van der Waals surface area contributed by atoms with Crippen molar-refractivity contribution in [2.24, 2.45) is 14.1 Å². The Labute approximate surface area is 152 Å². The first-order valence-corrected chi connectivity index (χ1v) is 9.75. The number of carbonyl (C=O) groups excluding carboxylic acids is 1. The van der Waals surface area contributed by atoms with Crippen molar-refractivity contribution in [1.82, 2.24) is 13.9 Å². The minimum atomic E-state index is -4.19. The van der Waals surface area contributed by atoms with Gasteiger partial charge >= 0.3 is 4.87 Å². The Bertz CT molecular complexity index is 1270. The normalized spacial score (nSPS) is 11.7. The number of hydrogen-bond acceptors (Lipinski definition) is 6. The summed E-state index contributed by atoms with van der Waals surface area (Å²) < 4.78 is 30.0. The highest BCUT2D eigenvalue weighted by Gasteiger charge is 2.22. The summed E-state index contributed by atoms with van der Waals surface area (Å²) in [6.07, 6.45) is 0. The Morgan fingerprint density at radius 1 is 1.08 bits per heavy atom. The Morgan fingerprint density at radius 2 is 1.77 bits per heavy atom. The fourth-order valence-electron chi connectivity index (χ4n) is 2.42. The molecular weight excluding hydrogens is 378 g/mol. The number of pyridine rings is 1. The summed E-state index contributed by atoms with van der Waals surface area (Å²) in [5.41, 5.74) is 0.373. The second-order valence-electron chi connectivity index (χ2n) is 5.74. The topological polar surface area (TPSA) is 107 Å². The van der Waals surface area contributed by atoms with E-state index in [2.05, 4.69) is 0 Å². The van der Waals surface area contributed by atoms with Gasteiger partial charge in [-0.05, 0) is 37.3 Å². The van der Waals surface area contributed by atoms with Crippen molar-refractivity contribution < 1.29 is 13.2 Å². The number of sulfonamides is 1. The molecule has 2 aromatic heterocycles. The van der Waals surface area contributed by atoms with E-state index in [1.54, 1.807) is 20.0 Å². The molecule has 26 heavy (non-hydrogen) atoms. The molecule has 0 aliphatic rings. The average Bonchev–Trinajstić information content (AvgIpc) is 2.86. The molecular formula is C16H15N3O5S2. The number of amides is 1. The molecule has 0 aliphatic carbocycles. The number of benzene rings is 1. The van der Waals surface area contributed by atoms with Crippen LogP contribution >= 0.6 is 11.3 Å². The predicted octanol–water partition coefficient (Wildman–Crippen LogP) is 0.726. The van der Waals surface area contributed by atoms with E-state index in [1.807, 2.05) is 4.72 Å². The molecule has 3 aromatic rings. The zero-order chi connectivity index (χ0) is 19.2. The highest BCUT2D eigenvalue weighted by Crippen LogP contribution is 2.21. The van der Waals surface area contributed by atoms with E-state index < -0.39 is 21.5 Å². The summed E-state index contributed by atoms with van der Waals surface area (Å²) in [4.78, 5) is 35.7. The van der Waals surface area contributed by atoms with Crippen molar-refractivity contribution in [3.05, 3.63) is 61.6 Å². The van der Waals surface area contributed by atoms with Crippen molar-refractivity contribution in [3.63, 3.8) is 0 Å². The molecule has 0 bridgehead atoms. The Hall–Kier alpha value is -2.72. The molecule has 8 nitrogen and oxygen atoms in total. The van der Waals surface area contributed by atoms with Gasteiger partial charge in [0.2, 0.25) is 0 Å². The third kappa shape index (κ3) is 2.97. The third-order valence-electron chi connectivity index (χ3n) is 4.10. The average molecular weight is 393 g/mol. The number of aromatic nitrogens is 2. The van der Waals surface area contributed by atoms with Crippen molar-refractivity contribution in [1.29, 1.82) is 0 Å². The van der Waals surface area contributed by atoms with E-state index in [0.717, 1.165) is 11.3 Å². The van der Waals surface area contributed by atoms with Crippen molar-refractivity contribution in [2.45, 2.75) is 11.8 Å². The Morgan fingerprint density at radius 3 is 2.46 bits per heavy atom. The summed E-state index contributed by atoms with van der Waals surface area (Å²) in [7, 11) is -1.11. The van der Waals surface area contributed by atoms with E-state index in [9.17, 15) is 22.8 Å². The van der Waals surface area contributed by atoms with Crippen LogP contribution in [0.25, 0.3) is 10.2 Å². The molecule has 10 heteroatoms. The molecule has 0 aliphatic heterocycles. The summed E-state index contributed by atoms with van der Waals surface area (Å²) in [5.74, 6) is -1.01. The summed E-state index contributed by atoms with van der Waals surface area (Å²) in [6.45, 7) is 1.69. The molecule has 0 unspecified atom stereocenters. The molecule has 0 atom stereocenters. The molecule has 1 amide bonds. The quantitative estimate of drug-likeness (QED) is 0.706. The smallest absolute Gasteiger partial charge is 0.307 e. The van der Waals surface area contributed by atoms with E-state index in [0.29, 0.717) is 15.9 Å². The van der Waals surface area contributed by atoms with Gasteiger partial charge < -0.3 is 9.13 Å². The molecule has 0 saturated carbocycles. The highest BCUT2D eigenvalue weighted by molar-refractivity contribution is 7.90. The number of fused-ring (bicyclic) bond motifs is 1. The molecule has 0 fully saturated rings. The first-order valence-electron chi connectivity index (χ1n) is 7.45. The summed E-state index contributed by atoms with van der Waals surface area (Å²) in [6, 6.07) is 6.96. The summed E-state index contributed by atoms with van der Waals surface area (Å²) in [5, 5.41) is 0. The lowest BCUT2D eigenvalue weighted by molar-refractivity contribution is 0.0979. The number of rotatable bonds is 3. The number of nitrogens with one attached hydrogen (secondary N) is 1. The Balaban J connectivity index is 1.99. The number of aryl methyl sites for hydroxylation is 2. The first kappa shape index (κ1) is 18.1. The van der Waals surface area contributed by atoms with Gasteiger partial charge in [-0.1, -0.05) is 11.3 Å². The fraction of sp³-hybridized carbons (Fsp3) is 0.188. The molecule has 0 spiro atoms. The largest absolute Gasteiger partial charge is 0.315 e. The second kappa shape index (κ2) is 6.22. The van der Waals surface area contributed by atoms with Crippen LogP contribution in [0.15, 0.2) is 44.8 Å². The van der Waals surface area contributed by atoms with Gasteiger partial charge in [0, 0.05) is 19.8 Å². The lowest BCUT2D eigenvalue weighted by Crippen LogP contribution is -2.36. The minimum Gasteiger partial charge on any atom is -0.315 e. The zero-order valence-corrected chi connectivity index (χ0v) is 15.8. The third-order valence-corrected chi connectivity index (χ3v) is 6.43. The molecule has 136 valence electrons. The van der Waals surface area contributed by atoms with Crippen LogP contribution in [-0.2, 0) is 24.1 Å². The van der Waals surface area contributed by atoms with E-state index >= 15 is 0 Å². The van der Waals surface area contributed by atoms with Gasteiger partial charge in [0.25, 0.3) is 21.5 Å². The van der Waals surface area contributed by atoms with Crippen LogP contribution in [0.4, 0.5) is 0 Å².